The molecule has 1 aromatic heterocycles. The molecular weight excluding hydrogens is 490 g/mol. The zero-order valence-corrected chi connectivity index (χ0v) is 21.0. The topological polar surface area (TPSA) is 90.0 Å². The van der Waals surface area contributed by atoms with Crippen LogP contribution in [0.25, 0.3) is 0 Å². The van der Waals surface area contributed by atoms with Crippen molar-refractivity contribution in [3.8, 4) is 0 Å². The molecule has 0 bridgehead atoms. The Bertz CT molecular complexity index is 916. The van der Waals surface area contributed by atoms with Crippen molar-refractivity contribution in [1.29, 1.82) is 0 Å². The van der Waals surface area contributed by atoms with Crippen LogP contribution in [-0.4, -0.2) is 59.4 Å². The Morgan fingerprint density at radius 1 is 1.24 bits per heavy atom. The second-order valence-corrected chi connectivity index (χ2v) is 10.2. The molecule has 0 aromatic carbocycles. The first-order chi connectivity index (χ1) is 15.6. The molecule has 1 saturated carbocycles. The number of aromatic nitrogens is 1. The standard InChI is InChI=1S/C24H32BrN3O5/c1-6-10-31-14-16-8-9-19(25)26-20(16)27-21(29)17-12-24(15-32-11-7-2)13-18(24)28(17)22(30)33-23(3,4)5/h6-9,17-18H,1-2,10-15H2,3-5H3,(H,26,27,29)/t17-,18-,24+/m0/s1. The van der Waals surface area contributed by atoms with Crippen LogP contribution in [0.4, 0.5) is 10.6 Å². The molecule has 2 heterocycles. The van der Waals surface area contributed by atoms with Crippen LogP contribution in [0.1, 0.15) is 39.2 Å². The lowest BCUT2D eigenvalue weighted by molar-refractivity contribution is -0.121. The van der Waals surface area contributed by atoms with Gasteiger partial charge >= 0.3 is 6.09 Å². The minimum absolute atomic E-state index is 0.0984. The zero-order chi connectivity index (χ0) is 24.2. The van der Waals surface area contributed by atoms with Gasteiger partial charge in [-0.25, -0.2) is 9.78 Å². The molecule has 1 aliphatic heterocycles. The van der Waals surface area contributed by atoms with E-state index in [-0.39, 0.29) is 24.0 Å². The number of hydrogen-bond acceptors (Lipinski definition) is 6. The quantitative estimate of drug-likeness (QED) is 0.277. The number of carbonyl (C=O) groups excluding carboxylic acids is 2. The number of nitrogens with one attached hydrogen (secondary N) is 1. The van der Waals surface area contributed by atoms with Crippen LogP contribution >= 0.6 is 15.9 Å². The Morgan fingerprint density at radius 2 is 1.94 bits per heavy atom. The Morgan fingerprint density at radius 3 is 2.61 bits per heavy atom. The van der Waals surface area contributed by atoms with Crippen LogP contribution in [0.15, 0.2) is 42.0 Å². The summed E-state index contributed by atoms with van der Waals surface area (Å²) < 4.78 is 17.4. The van der Waals surface area contributed by atoms with Crippen molar-refractivity contribution >= 4 is 33.7 Å². The average Bonchev–Trinajstić information content (AvgIpc) is 3.32. The molecule has 1 aliphatic carbocycles. The van der Waals surface area contributed by atoms with Gasteiger partial charge < -0.3 is 19.5 Å². The van der Waals surface area contributed by atoms with E-state index in [1.807, 2.05) is 26.8 Å². The number of ether oxygens (including phenoxy) is 3. The van der Waals surface area contributed by atoms with Crippen LogP contribution in [0.3, 0.4) is 0 Å². The molecule has 180 valence electrons. The molecule has 2 aliphatic rings. The second-order valence-electron chi connectivity index (χ2n) is 9.43. The van der Waals surface area contributed by atoms with E-state index in [1.165, 1.54) is 0 Å². The van der Waals surface area contributed by atoms with Crippen molar-refractivity contribution in [1.82, 2.24) is 9.88 Å². The first-order valence-corrected chi connectivity index (χ1v) is 11.7. The number of pyridine rings is 1. The second kappa shape index (κ2) is 10.4. The zero-order valence-electron chi connectivity index (χ0n) is 19.4. The van der Waals surface area contributed by atoms with Gasteiger partial charge in [0.1, 0.15) is 22.1 Å². The molecule has 2 fully saturated rings. The first-order valence-electron chi connectivity index (χ1n) is 10.9. The van der Waals surface area contributed by atoms with Gasteiger partial charge in [-0.1, -0.05) is 18.2 Å². The lowest BCUT2D eigenvalue weighted by Gasteiger charge is -2.29. The Kier molecular flexibility index (Phi) is 7.97. The summed E-state index contributed by atoms with van der Waals surface area (Å²) in [6.07, 6.45) is 4.13. The fourth-order valence-electron chi connectivity index (χ4n) is 4.13. The number of carbonyl (C=O) groups is 2. The van der Waals surface area contributed by atoms with Crippen LogP contribution in [0, 0.1) is 5.41 Å². The Hall–Kier alpha value is -2.23. The highest BCUT2D eigenvalue weighted by Gasteiger charge is 2.68. The van der Waals surface area contributed by atoms with Crippen molar-refractivity contribution in [2.75, 3.05) is 25.1 Å². The van der Waals surface area contributed by atoms with Crippen molar-refractivity contribution in [2.45, 2.75) is 57.9 Å². The molecule has 3 rings (SSSR count). The summed E-state index contributed by atoms with van der Waals surface area (Å²) in [6, 6.07) is 2.83. The largest absolute Gasteiger partial charge is 0.444 e. The summed E-state index contributed by atoms with van der Waals surface area (Å²) >= 11 is 3.35. The van der Waals surface area contributed by atoms with Gasteiger partial charge in [0.25, 0.3) is 0 Å². The predicted molar refractivity (Wildman–Crippen MR) is 129 cm³/mol. The number of likely N-dealkylation sites (tertiary alicyclic amines) is 1. The predicted octanol–water partition coefficient (Wildman–Crippen LogP) is 4.46. The van der Waals surface area contributed by atoms with Crippen molar-refractivity contribution in [2.24, 2.45) is 5.41 Å². The van der Waals surface area contributed by atoms with Crippen molar-refractivity contribution < 1.29 is 23.8 Å². The van der Waals surface area contributed by atoms with E-state index in [0.29, 0.717) is 36.7 Å². The van der Waals surface area contributed by atoms with Crippen LogP contribution < -0.4 is 5.32 Å². The highest BCUT2D eigenvalue weighted by atomic mass is 79.9. The van der Waals surface area contributed by atoms with E-state index in [0.717, 1.165) is 12.0 Å². The van der Waals surface area contributed by atoms with Gasteiger partial charge in [-0.15, -0.1) is 13.2 Å². The summed E-state index contributed by atoms with van der Waals surface area (Å²) in [7, 11) is 0. The van der Waals surface area contributed by atoms with E-state index in [1.54, 1.807) is 23.1 Å². The number of piperidine rings is 1. The van der Waals surface area contributed by atoms with E-state index in [9.17, 15) is 9.59 Å². The average molecular weight is 522 g/mol. The van der Waals surface area contributed by atoms with Gasteiger partial charge in [0.05, 0.1) is 26.4 Å². The van der Waals surface area contributed by atoms with Gasteiger partial charge in [0.2, 0.25) is 5.91 Å². The number of nitrogens with zero attached hydrogens (tertiary/aromatic N) is 2. The summed E-state index contributed by atoms with van der Waals surface area (Å²) in [5.41, 5.74) is -0.189. The SMILES string of the molecule is C=CCOCc1ccc(Br)nc1NC(=O)[C@@H]1C[C@]2(COCC=C)C[C@@H]2N1C(=O)OC(C)(C)C. The van der Waals surface area contributed by atoms with Crippen LogP contribution in [-0.2, 0) is 25.6 Å². The maximum atomic E-state index is 13.4. The molecule has 3 atom stereocenters. The minimum Gasteiger partial charge on any atom is -0.444 e. The third kappa shape index (κ3) is 6.22. The number of rotatable bonds is 10. The fourth-order valence-corrected chi connectivity index (χ4v) is 4.44. The summed E-state index contributed by atoms with van der Waals surface area (Å²) in [6.45, 7) is 14.3. The molecule has 8 nitrogen and oxygen atoms in total. The number of anilines is 1. The molecule has 0 unspecified atom stereocenters. The molecule has 2 amide bonds. The van der Waals surface area contributed by atoms with Crippen LogP contribution in [0.5, 0.6) is 0 Å². The summed E-state index contributed by atoms with van der Waals surface area (Å²) in [4.78, 5) is 32.4. The van der Waals surface area contributed by atoms with Crippen molar-refractivity contribution in [3.05, 3.63) is 47.6 Å². The maximum absolute atomic E-state index is 13.4. The van der Waals surface area contributed by atoms with E-state index in [2.05, 4.69) is 39.4 Å². The number of amides is 2. The number of fused-ring (bicyclic) bond motifs is 1. The molecule has 0 spiro atoms. The van der Waals surface area contributed by atoms with Crippen molar-refractivity contribution in [3.63, 3.8) is 0 Å². The van der Waals surface area contributed by atoms with Gasteiger partial charge in [-0.05, 0) is 55.6 Å². The third-order valence-electron chi connectivity index (χ3n) is 5.63. The molecule has 1 N–H and O–H groups in total. The highest BCUT2D eigenvalue weighted by Crippen LogP contribution is 2.60. The van der Waals surface area contributed by atoms with Crippen LogP contribution in [0.2, 0.25) is 0 Å². The Balaban J connectivity index is 1.79. The molecule has 1 aromatic rings. The first kappa shape index (κ1) is 25.4. The minimum atomic E-state index is -0.686. The van der Waals surface area contributed by atoms with E-state index < -0.39 is 17.7 Å². The van der Waals surface area contributed by atoms with Gasteiger partial charge in [-0.2, -0.15) is 0 Å². The lowest BCUT2D eigenvalue weighted by Crippen LogP contribution is -2.47. The van der Waals surface area contributed by atoms with E-state index in [4.69, 9.17) is 14.2 Å². The number of halogens is 1. The van der Waals surface area contributed by atoms with Gasteiger partial charge in [0.15, 0.2) is 0 Å². The molecular formula is C24H32BrN3O5. The molecule has 33 heavy (non-hydrogen) atoms. The normalized spacial score (nSPS) is 23.6. The molecule has 1 saturated heterocycles. The summed E-state index contributed by atoms with van der Waals surface area (Å²) in [5, 5.41) is 2.90. The highest BCUT2D eigenvalue weighted by molar-refractivity contribution is 9.10. The third-order valence-corrected chi connectivity index (χ3v) is 6.07. The van der Waals surface area contributed by atoms with Gasteiger partial charge in [-0.3, -0.25) is 9.69 Å². The molecule has 9 heteroatoms. The van der Waals surface area contributed by atoms with E-state index >= 15 is 0 Å². The lowest BCUT2D eigenvalue weighted by atomic mass is 10.00. The Labute approximate surface area is 203 Å². The number of hydrogen-bond donors (Lipinski definition) is 1. The summed E-state index contributed by atoms with van der Waals surface area (Å²) in [5.74, 6) is 0.0758. The molecule has 0 radical (unpaired) electrons. The smallest absolute Gasteiger partial charge is 0.411 e. The maximum Gasteiger partial charge on any atom is 0.411 e. The monoisotopic (exact) mass is 521 g/mol. The van der Waals surface area contributed by atoms with Gasteiger partial charge in [0, 0.05) is 17.0 Å². The fraction of sp³-hybridized carbons (Fsp3) is 0.542.